The Labute approximate surface area is 118 Å². The van der Waals surface area contributed by atoms with Gasteiger partial charge in [-0.1, -0.05) is 24.2 Å². The third-order valence-corrected chi connectivity index (χ3v) is 5.49. The molecule has 4 nitrogen and oxygen atoms in total. The Bertz CT molecular complexity index is 479. The topological polar surface area (TPSA) is 59.2 Å². The highest BCUT2D eigenvalue weighted by atomic mass is 32.1. The molecule has 1 aromatic heterocycles. The Balaban J connectivity index is 1.80. The van der Waals surface area contributed by atoms with Crippen LogP contribution in [0.3, 0.4) is 0 Å². The molecule has 2 heterocycles. The number of nitrogens with zero attached hydrogens (tertiary/aromatic N) is 2. The van der Waals surface area contributed by atoms with Gasteiger partial charge in [-0.05, 0) is 38.5 Å². The number of nitrogens with two attached hydrogens (primary N) is 1. The van der Waals surface area contributed by atoms with Crippen molar-refractivity contribution >= 4 is 22.4 Å². The highest BCUT2D eigenvalue weighted by molar-refractivity contribution is 7.17. The number of thiazole rings is 1. The molecule has 0 radical (unpaired) electrons. The number of amides is 1. The average molecular weight is 279 g/mol. The first-order valence-electron chi connectivity index (χ1n) is 7.20. The number of hydrogen-bond donors (Lipinski definition) is 1. The first-order valence-corrected chi connectivity index (χ1v) is 8.02. The van der Waals surface area contributed by atoms with Crippen LogP contribution in [0, 0.1) is 12.8 Å². The summed E-state index contributed by atoms with van der Waals surface area (Å²) in [6.07, 6.45) is 7.55. The molecule has 1 aromatic rings. The van der Waals surface area contributed by atoms with Gasteiger partial charge in [-0.25, -0.2) is 4.98 Å². The van der Waals surface area contributed by atoms with E-state index in [1.54, 1.807) is 0 Å². The Kier molecular flexibility index (Phi) is 3.48. The molecule has 1 atom stereocenters. The van der Waals surface area contributed by atoms with Crippen LogP contribution < -0.4 is 5.73 Å². The summed E-state index contributed by atoms with van der Waals surface area (Å²) in [6, 6.07) is 0.456. The maximum absolute atomic E-state index is 12.7. The fourth-order valence-corrected chi connectivity index (χ4v) is 4.41. The van der Waals surface area contributed by atoms with Gasteiger partial charge in [0.2, 0.25) is 0 Å². The first kappa shape index (κ1) is 12.9. The van der Waals surface area contributed by atoms with Crippen molar-refractivity contribution in [1.29, 1.82) is 0 Å². The summed E-state index contributed by atoms with van der Waals surface area (Å²) in [4.78, 5) is 19.7. The van der Waals surface area contributed by atoms with E-state index in [0.29, 0.717) is 11.2 Å². The molecule has 0 aromatic carbocycles. The van der Waals surface area contributed by atoms with Crippen LogP contribution in [0.25, 0.3) is 0 Å². The van der Waals surface area contributed by atoms with Gasteiger partial charge in [0.1, 0.15) is 4.88 Å². The highest BCUT2D eigenvalue weighted by Crippen LogP contribution is 2.36. The molecule has 5 heteroatoms. The van der Waals surface area contributed by atoms with E-state index in [1.165, 1.54) is 43.4 Å². The molecular weight excluding hydrogens is 258 g/mol. The monoisotopic (exact) mass is 279 g/mol. The molecule has 2 aliphatic rings. The van der Waals surface area contributed by atoms with Gasteiger partial charge in [-0.2, -0.15) is 0 Å². The van der Waals surface area contributed by atoms with E-state index < -0.39 is 0 Å². The Morgan fingerprint density at radius 1 is 1.32 bits per heavy atom. The zero-order valence-electron chi connectivity index (χ0n) is 11.4. The van der Waals surface area contributed by atoms with Crippen LogP contribution in [0.1, 0.15) is 53.9 Å². The maximum Gasteiger partial charge on any atom is 0.266 e. The summed E-state index contributed by atoms with van der Waals surface area (Å²) in [5, 5.41) is 0.498. The van der Waals surface area contributed by atoms with E-state index >= 15 is 0 Å². The molecule has 2 N–H and O–H groups in total. The molecule has 1 aliphatic carbocycles. The predicted molar refractivity (Wildman–Crippen MR) is 77.3 cm³/mol. The molecule has 1 amide bonds. The standard InChI is InChI=1S/C14H21N3OS/c1-9-12(19-14(15)16-9)13(18)17-8-4-7-11(17)10-5-2-3-6-10/h10-11H,2-8H2,1H3,(H2,15,16). The van der Waals surface area contributed by atoms with Crippen molar-refractivity contribution in [1.82, 2.24) is 9.88 Å². The SMILES string of the molecule is Cc1nc(N)sc1C(=O)N1CCCC1C1CCCC1. The van der Waals surface area contributed by atoms with Crippen LogP contribution in [0.4, 0.5) is 5.13 Å². The number of rotatable bonds is 2. The van der Waals surface area contributed by atoms with E-state index in [2.05, 4.69) is 9.88 Å². The smallest absolute Gasteiger partial charge is 0.266 e. The normalized spacial score (nSPS) is 24.3. The number of anilines is 1. The van der Waals surface area contributed by atoms with E-state index in [0.717, 1.165) is 29.5 Å². The van der Waals surface area contributed by atoms with Gasteiger partial charge in [0.15, 0.2) is 5.13 Å². The van der Waals surface area contributed by atoms with Crippen LogP contribution in [0.15, 0.2) is 0 Å². The van der Waals surface area contributed by atoms with Gasteiger partial charge in [-0.3, -0.25) is 4.79 Å². The number of nitrogen functional groups attached to an aromatic ring is 1. The van der Waals surface area contributed by atoms with E-state index in [1.807, 2.05) is 6.92 Å². The van der Waals surface area contributed by atoms with Crippen LogP contribution >= 0.6 is 11.3 Å². The molecule has 1 unspecified atom stereocenters. The van der Waals surface area contributed by atoms with Crippen molar-refractivity contribution in [2.24, 2.45) is 5.92 Å². The second kappa shape index (κ2) is 5.12. The molecular formula is C14H21N3OS. The fraction of sp³-hybridized carbons (Fsp3) is 0.714. The lowest BCUT2D eigenvalue weighted by Gasteiger charge is -2.29. The lowest BCUT2D eigenvalue weighted by atomic mass is 9.96. The summed E-state index contributed by atoms with van der Waals surface area (Å²) in [7, 11) is 0. The van der Waals surface area contributed by atoms with Crippen LogP contribution in [0.2, 0.25) is 0 Å². The van der Waals surface area contributed by atoms with Crippen molar-refractivity contribution in [2.45, 2.75) is 51.5 Å². The largest absolute Gasteiger partial charge is 0.375 e. The second-order valence-electron chi connectivity index (χ2n) is 5.72. The van der Waals surface area contributed by atoms with E-state index in [4.69, 9.17) is 5.73 Å². The number of carbonyl (C=O) groups excluding carboxylic acids is 1. The Hall–Kier alpha value is -1.10. The molecule has 1 aliphatic heterocycles. The zero-order chi connectivity index (χ0) is 13.4. The van der Waals surface area contributed by atoms with Crippen LogP contribution in [-0.4, -0.2) is 28.4 Å². The number of aromatic nitrogens is 1. The zero-order valence-corrected chi connectivity index (χ0v) is 12.2. The van der Waals surface area contributed by atoms with Crippen LogP contribution in [-0.2, 0) is 0 Å². The average Bonchev–Trinajstić information content (AvgIpc) is 3.06. The van der Waals surface area contributed by atoms with Gasteiger partial charge < -0.3 is 10.6 Å². The van der Waals surface area contributed by atoms with Gasteiger partial charge in [0, 0.05) is 12.6 Å². The summed E-state index contributed by atoms with van der Waals surface area (Å²) in [5.41, 5.74) is 6.49. The van der Waals surface area contributed by atoms with E-state index in [9.17, 15) is 4.79 Å². The highest BCUT2D eigenvalue weighted by Gasteiger charge is 2.37. The van der Waals surface area contributed by atoms with Crippen molar-refractivity contribution in [3.8, 4) is 0 Å². The minimum atomic E-state index is 0.154. The Morgan fingerprint density at radius 2 is 2.05 bits per heavy atom. The molecule has 3 rings (SSSR count). The molecule has 0 spiro atoms. The van der Waals surface area contributed by atoms with Gasteiger partial charge in [-0.15, -0.1) is 0 Å². The lowest BCUT2D eigenvalue weighted by Crippen LogP contribution is -2.39. The van der Waals surface area contributed by atoms with Crippen molar-refractivity contribution in [3.05, 3.63) is 10.6 Å². The Morgan fingerprint density at radius 3 is 2.68 bits per heavy atom. The maximum atomic E-state index is 12.7. The summed E-state index contributed by atoms with van der Waals surface area (Å²) < 4.78 is 0. The molecule has 104 valence electrons. The van der Waals surface area contributed by atoms with Crippen LogP contribution in [0.5, 0.6) is 0 Å². The van der Waals surface area contributed by atoms with Gasteiger partial charge >= 0.3 is 0 Å². The van der Waals surface area contributed by atoms with Gasteiger partial charge in [0.25, 0.3) is 5.91 Å². The van der Waals surface area contributed by atoms with Crippen molar-refractivity contribution in [3.63, 3.8) is 0 Å². The molecule has 2 fully saturated rings. The number of carbonyl (C=O) groups is 1. The van der Waals surface area contributed by atoms with Crippen molar-refractivity contribution in [2.75, 3.05) is 12.3 Å². The summed E-state index contributed by atoms with van der Waals surface area (Å²) in [6.45, 7) is 2.78. The third kappa shape index (κ3) is 2.36. The minimum absolute atomic E-state index is 0.154. The molecule has 1 saturated heterocycles. The molecule has 0 bridgehead atoms. The van der Waals surface area contributed by atoms with Crippen molar-refractivity contribution < 1.29 is 4.79 Å². The fourth-order valence-electron chi connectivity index (χ4n) is 3.62. The number of aryl methyl sites for hydroxylation is 1. The molecule has 19 heavy (non-hydrogen) atoms. The predicted octanol–water partition coefficient (Wildman–Crippen LogP) is 2.83. The van der Waals surface area contributed by atoms with Gasteiger partial charge in [0.05, 0.1) is 5.69 Å². The lowest BCUT2D eigenvalue weighted by molar-refractivity contribution is 0.0693. The first-order chi connectivity index (χ1) is 9.16. The molecule has 1 saturated carbocycles. The minimum Gasteiger partial charge on any atom is -0.375 e. The summed E-state index contributed by atoms with van der Waals surface area (Å²) in [5.74, 6) is 0.873. The number of likely N-dealkylation sites (tertiary alicyclic amines) is 1. The summed E-state index contributed by atoms with van der Waals surface area (Å²) >= 11 is 1.33. The quantitative estimate of drug-likeness (QED) is 0.905. The van der Waals surface area contributed by atoms with E-state index in [-0.39, 0.29) is 5.91 Å². The second-order valence-corrected chi connectivity index (χ2v) is 6.75. The third-order valence-electron chi connectivity index (χ3n) is 4.51. The number of hydrogen-bond acceptors (Lipinski definition) is 4.